The lowest BCUT2D eigenvalue weighted by atomic mass is 9.81. The topological polar surface area (TPSA) is 46.6 Å². The van der Waals surface area contributed by atoms with Crippen molar-refractivity contribution < 1.29 is 14.3 Å². The molecule has 0 N–H and O–H groups in total. The third kappa shape index (κ3) is 1.82. The first-order chi connectivity index (χ1) is 8.35. The lowest BCUT2D eigenvalue weighted by Gasteiger charge is -2.25. The minimum absolute atomic E-state index is 0.219. The molecule has 0 spiro atoms. The Labute approximate surface area is 108 Å². The van der Waals surface area contributed by atoms with E-state index in [1.807, 2.05) is 20.8 Å². The summed E-state index contributed by atoms with van der Waals surface area (Å²) in [5, 5.41) is 0. The van der Waals surface area contributed by atoms with E-state index in [4.69, 9.17) is 4.74 Å². The van der Waals surface area contributed by atoms with Crippen molar-refractivity contribution in [1.29, 1.82) is 0 Å². The third-order valence-electron chi connectivity index (χ3n) is 4.62. The fourth-order valence-corrected chi connectivity index (χ4v) is 3.94. The molecule has 1 unspecified atom stereocenters. The molecule has 1 heterocycles. The maximum Gasteiger partial charge on any atom is 0.410 e. The summed E-state index contributed by atoms with van der Waals surface area (Å²) < 4.78 is 5.41. The highest BCUT2D eigenvalue weighted by Crippen LogP contribution is 2.53. The van der Waals surface area contributed by atoms with Crippen LogP contribution in [-0.4, -0.2) is 35.5 Å². The number of likely N-dealkylation sites (tertiary alicyclic amines) is 1. The maximum atomic E-state index is 12.0. The average molecular weight is 251 g/mol. The van der Waals surface area contributed by atoms with Crippen LogP contribution in [0.25, 0.3) is 0 Å². The van der Waals surface area contributed by atoms with E-state index in [2.05, 4.69) is 0 Å². The molecular weight excluding hydrogens is 230 g/mol. The molecule has 1 saturated heterocycles. The lowest BCUT2D eigenvalue weighted by Crippen LogP contribution is -2.36. The van der Waals surface area contributed by atoms with Crippen molar-refractivity contribution in [3.05, 3.63) is 0 Å². The Kier molecular flexibility index (Phi) is 2.48. The van der Waals surface area contributed by atoms with Crippen LogP contribution < -0.4 is 0 Å². The molecule has 18 heavy (non-hydrogen) atoms. The highest BCUT2D eigenvalue weighted by molar-refractivity contribution is 5.85. The Balaban J connectivity index is 1.67. The van der Waals surface area contributed by atoms with Gasteiger partial charge in [-0.15, -0.1) is 0 Å². The van der Waals surface area contributed by atoms with Gasteiger partial charge in [0.2, 0.25) is 0 Å². The molecule has 2 bridgehead atoms. The van der Waals surface area contributed by atoms with Gasteiger partial charge < -0.3 is 9.64 Å². The highest BCUT2D eigenvalue weighted by Gasteiger charge is 2.56. The summed E-state index contributed by atoms with van der Waals surface area (Å²) in [6, 6.07) is 0. The summed E-state index contributed by atoms with van der Waals surface area (Å²) >= 11 is 0. The molecule has 0 aromatic rings. The third-order valence-corrected chi connectivity index (χ3v) is 4.62. The van der Waals surface area contributed by atoms with Gasteiger partial charge in [-0.25, -0.2) is 4.79 Å². The van der Waals surface area contributed by atoms with Crippen LogP contribution in [0.15, 0.2) is 0 Å². The zero-order chi connectivity index (χ0) is 13.1. The van der Waals surface area contributed by atoms with E-state index >= 15 is 0 Å². The first-order valence-electron chi connectivity index (χ1n) is 6.86. The van der Waals surface area contributed by atoms with Crippen molar-refractivity contribution in [3.63, 3.8) is 0 Å². The molecule has 3 aliphatic rings. The molecule has 0 radical (unpaired) electrons. The Morgan fingerprint density at radius 2 is 1.94 bits per heavy atom. The predicted octanol–water partition coefficient (Wildman–Crippen LogP) is 2.08. The van der Waals surface area contributed by atoms with Crippen LogP contribution in [0.3, 0.4) is 0 Å². The standard InChI is InChI=1S/C14H21NO3/c1-14(2,3)18-13(17)15-6-10-8-4-9(11(10)7-15)12(16)5-8/h8-11H,4-7H2,1-3H3/t8-,9-,10+,11?/m1/s1. The van der Waals surface area contributed by atoms with Crippen molar-refractivity contribution in [3.8, 4) is 0 Å². The van der Waals surface area contributed by atoms with E-state index < -0.39 is 5.60 Å². The fraction of sp³-hybridized carbons (Fsp3) is 0.857. The Hall–Kier alpha value is -1.06. The van der Waals surface area contributed by atoms with Crippen LogP contribution in [0.1, 0.15) is 33.6 Å². The average Bonchev–Trinajstić information content (AvgIpc) is 2.82. The second-order valence-corrected chi connectivity index (χ2v) is 6.99. The van der Waals surface area contributed by atoms with E-state index in [0.717, 1.165) is 19.4 Å². The minimum Gasteiger partial charge on any atom is -0.444 e. The van der Waals surface area contributed by atoms with Crippen molar-refractivity contribution in [2.24, 2.45) is 23.7 Å². The molecule has 0 aromatic heterocycles. The van der Waals surface area contributed by atoms with Gasteiger partial charge in [0, 0.05) is 25.4 Å². The van der Waals surface area contributed by atoms with Gasteiger partial charge in [-0.1, -0.05) is 0 Å². The number of Topliss-reactive ketones (excluding diaryl/α,β-unsaturated/α-hetero) is 1. The van der Waals surface area contributed by atoms with Crippen LogP contribution in [0.2, 0.25) is 0 Å². The van der Waals surface area contributed by atoms with E-state index in [1.165, 1.54) is 0 Å². The number of amides is 1. The second-order valence-electron chi connectivity index (χ2n) is 6.99. The SMILES string of the molecule is CC(C)(C)OC(=O)N1CC2[C@@H](C1)[C@H]1CC(=O)[C@@H]2C1. The molecule has 2 saturated carbocycles. The van der Waals surface area contributed by atoms with E-state index in [-0.39, 0.29) is 12.0 Å². The van der Waals surface area contributed by atoms with Crippen molar-refractivity contribution in [2.75, 3.05) is 13.1 Å². The smallest absolute Gasteiger partial charge is 0.410 e. The number of fused-ring (bicyclic) bond motifs is 5. The molecule has 2 aliphatic carbocycles. The quantitative estimate of drug-likeness (QED) is 0.662. The zero-order valence-corrected chi connectivity index (χ0v) is 11.3. The van der Waals surface area contributed by atoms with Crippen LogP contribution in [-0.2, 0) is 9.53 Å². The van der Waals surface area contributed by atoms with E-state index in [0.29, 0.717) is 30.1 Å². The first kappa shape index (κ1) is 12.0. The van der Waals surface area contributed by atoms with Crippen LogP contribution in [0, 0.1) is 23.7 Å². The van der Waals surface area contributed by atoms with Gasteiger partial charge in [0.05, 0.1) is 0 Å². The molecule has 3 fully saturated rings. The second kappa shape index (κ2) is 3.72. The molecule has 3 rings (SSSR count). The Bertz CT molecular complexity index is 398. The fourth-order valence-electron chi connectivity index (χ4n) is 3.94. The molecule has 4 nitrogen and oxygen atoms in total. The number of hydrogen-bond donors (Lipinski definition) is 0. The summed E-state index contributed by atoms with van der Waals surface area (Å²) in [4.78, 5) is 25.6. The number of ether oxygens (including phenoxy) is 1. The molecular formula is C14H21NO3. The number of carbonyl (C=O) groups is 2. The Morgan fingerprint density at radius 3 is 2.61 bits per heavy atom. The summed E-state index contributed by atoms with van der Waals surface area (Å²) in [6.07, 6.45) is 1.59. The summed E-state index contributed by atoms with van der Waals surface area (Å²) in [5.74, 6) is 2.13. The normalized spacial score (nSPS) is 38.2. The molecule has 4 heteroatoms. The number of rotatable bonds is 0. The number of hydrogen-bond acceptors (Lipinski definition) is 3. The number of ketones is 1. The largest absolute Gasteiger partial charge is 0.444 e. The van der Waals surface area contributed by atoms with Crippen LogP contribution in [0.4, 0.5) is 4.79 Å². The summed E-state index contributed by atoms with van der Waals surface area (Å²) in [6.45, 7) is 7.15. The van der Waals surface area contributed by atoms with Crippen molar-refractivity contribution in [1.82, 2.24) is 4.90 Å². The lowest BCUT2D eigenvalue weighted by molar-refractivity contribution is -0.123. The van der Waals surface area contributed by atoms with E-state index in [9.17, 15) is 9.59 Å². The van der Waals surface area contributed by atoms with Gasteiger partial charge in [-0.2, -0.15) is 0 Å². The molecule has 1 aliphatic heterocycles. The van der Waals surface area contributed by atoms with Gasteiger partial charge in [0.15, 0.2) is 0 Å². The monoisotopic (exact) mass is 251 g/mol. The van der Waals surface area contributed by atoms with Gasteiger partial charge in [-0.3, -0.25) is 4.79 Å². The van der Waals surface area contributed by atoms with Crippen molar-refractivity contribution in [2.45, 2.75) is 39.2 Å². The molecule has 100 valence electrons. The van der Waals surface area contributed by atoms with E-state index in [1.54, 1.807) is 4.90 Å². The first-order valence-corrected chi connectivity index (χ1v) is 6.86. The van der Waals surface area contributed by atoms with Crippen LogP contribution >= 0.6 is 0 Å². The number of carbonyl (C=O) groups excluding carboxylic acids is 2. The summed E-state index contributed by atoms with van der Waals surface area (Å²) in [5.41, 5.74) is -0.441. The zero-order valence-electron chi connectivity index (χ0n) is 11.3. The molecule has 0 aromatic carbocycles. The molecule has 1 amide bonds. The summed E-state index contributed by atoms with van der Waals surface area (Å²) in [7, 11) is 0. The van der Waals surface area contributed by atoms with Gasteiger partial charge >= 0.3 is 6.09 Å². The Morgan fingerprint density at radius 1 is 1.28 bits per heavy atom. The maximum absolute atomic E-state index is 12.0. The van der Waals surface area contributed by atoms with Gasteiger partial charge in [-0.05, 0) is 44.9 Å². The van der Waals surface area contributed by atoms with Crippen molar-refractivity contribution >= 4 is 11.9 Å². The highest BCUT2D eigenvalue weighted by atomic mass is 16.6. The predicted molar refractivity (Wildman–Crippen MR) is 66.0 cm³/mol. The molecule has 4 atom stereocenters. The van der Waals surface area contributed by atoms with Gasteiger partial charge in [0.1, 0.15) is 11.4 Å². The number of nitrogens with zero attached hydrogens (tertiary/aromatic N) is 1. The minimum atomic E-state index is -0.441. The van der Waals surface area contributed by atoms with Gasteiger partial charge in [0.25, 0.3) is 0 Å². The van der Waals surface area contributed by atoms with Crippen LogP contribution in [0.5, 0.6) is 0 Å².